The first kappa shape index (κ1) is 17.4. The van der Waals surface area contributed by atoms with E-state index >= 15 is 0 Å². The summed E-state index contributed by atoms with van der Waals surface area (Å²) in [5.74, 6) is 1.41. The number of nitrogens with zero attached hydrogens (tertiary/aromatic N) is 2. The third-order valence-corrected chi connectivity index (χ3v) is 6.21. The van der Waals surface area contributed by atoms with Crippen LogP contribution in [0.2, 0.25) is 0 Å². The van der Waals surface area contributed by atoms with Gasteiger partial charge >= 0.3 is 0 Å². The molecule has 3 saturated heterocycles. The maximum absolute atomic E-state index is 12.6. The van der Waals surface area contributed by atoms with Gasteiger partial charge in [0.2, 0.25) is 0 Å². The molecule has 1 aromatic heterocycles. The van der Waals surface area contributed by atoms with Gasteiger partial charge in [0.1, 0.15) is 10.8 Å². The van der Waals surface area contributed by atoms with E-state index in [9.17, 15) is 4.79 Å². The van der Waals surface area contributed by atoms with Crippen LogP contribution in [0, 0.1) is 5.92 Å². The van der Waals surface area contributed by atoms with E-state index in [-0.39, 0.29) is 5.91 Å². The summed E-state index contributed by atoms with van der Waals surface area (Å²) >= 11 is 1.57. The minimum absolute atomic E-state index is 0.0304. The average molecular weight is 369 g/mol. The van der Waals surface area contributed by atoms with Crippen molar-refractivity contribution in [1.82, 2.24) is 15.2 Å². The highest BCUT2D eigenvalue weighted by Crippen LogP contribution is 2.29. The van der Waals surface area contributed by atoms with Crippen LogP contribution in [0.25, 0.3) is 0 Å². The van der Waals surface area contributed by atoms with E-state index in [4.69, 9.17) is 4.74 Å². The fourth-order valence-electron chi connectivity index (χ4n) is 3.72. The lowest BCUT2D eigenvalue weighted by Crippen LogP contribution is -2.57. The second kappa shape index (κ2) is 7.68. The largest absolute Gasteiger partial charge is 0.495 e. The molecule has 1 amide bonds. The van der Waals surface area contributed by atoms with Crippen molar-refractivity contribution in [3.05, 3.63) is 48.2 Å². The SMILES string of the molecule is COc1ccc(Sc2ccc(C(=O)N[C@H]3CN4CCC3CC4)cc2)nc1. The molecule has 0 radical (unpaired) electrons. The smallest absolute Gasteiger partial charge is 0.251 e. The topological polar surface area (TPSA) is 54.5 Å². The number of carbonyl (C=O) groups excluding carboxylic acids is 1. The van der Waals surface area contributed by atoms with E-state index < -0.39 is 0 Å². The molecule has 136 valence electrons. The van der Waals surface area contributed by atoms with Crippen molar-refractivity contribution in [3.63, 3.8) is 0 Å². The monoisotopic (exact) mass is 369 g/mol. The molecule has 5 nitrogen and oxygen atoms in total. The highest BCUT2D eigenvalue weighted by atomic mass is 32.2. The number of piperidine rings is 3. The Bertz CT molecular complexity index is 756. The second-order valence-electron chi connectivity index (χ2n) is 6.88. The predicted molar refractivity (Wildman–Crippen MR) is 102 cm³/mol. The maximum atomic E-state index is 12.6. The summed E-state index contributed by atoms with van der Waals surface area (Å²) in [4.78, 5) is 20.4. The van der Waals surface area contributed by atoms with Crippen molar-refractivity contribution in [2.75, 3.05) is 26.7 Å². The van der Waals surface area contributed by atoms with Gasteiger partial charge in [-0.05, 0) is 68.2 Å². The number of amides is 1. The fourth-order valence-corrected chi connectivity index (χ4v) is 4.48. The molecule has 2 bridgehead atoms. The Morgan fingerprint density at radius 3 is 2.54 bits per heavy atom. The van der Waals surface area contributed by atoms with Crippen LogP contribution in [0.5, 0.6) is 5.75 Å². The molecule has 5 rings (SSSR count). The molecule has 2 aromatic rings. The molecule has 3 aliphatic heterocycles. The van der Waals surface area contributed by atoms with Crippen LogP contribution < -0.4 is 10.1 Å². The van der Waals surface area contributed by atoms with Crippen molar-refractivity contribution in [2.45, 2.75) is 28.8 Å². The number of aromatic nitrogens is 1. The lowest BCUT2D eigenvalue weighted by molar-refractivity contribution is 0.0620. The Kier molecular flexibility index (Phi) is 5.13. The molecule has 0 aliphatic carbocycles. The summed E-state index contributed by atoms with van der Waals surface area (Å²) in [5.41, 5.74) is 0.716. The molecule has 3 aliphatic rings. The normalized spacial score (nSPS) is 24.3. The molecule has 1 N–H and O–H groups in total. The van der Waals surface area contributed by atoms with Gasteiger partial charge in [-0.3, -0.25) is 4.79 Å². The number of rotatable bonds is 5. The highest BCUT2D eigenvalue weighted by molar-refractivity contribution is 7.99. The number of benzene rings is 1. The van der Waals surface area contributed by atoms with Crippen molar-refractivity contribution in [3.8, 4) is 5.75 Å². The number of ether oxygens (including phenoxy) is 1. The van der Waals surface area contributed by atoms with Crippen molar-refractivity contribution < 1.29 is 9.53 Å². The number of fused-ring (bicyclic) bond motifs is 3. The van der Waals surface area contributed by atoms with Crippen molar-refractivity contribution in [2.24, 2.45) is 5.92 Å². The van der Waals surface area contributed by atoms with E-state index in [1.807, 2.05) is 36.4 Å². The zero-order chi connectivity index (χ0) is 17.9. The van der Waals surface area contributed by atoms with Gasteiger partial charge in [0.25, 0.3) is 5.91 Å². The summed E-state index contributed by atoms with van der Waals surface area (Å²) < 4.78 is 5.12. The van der Waals surface area contributed by atoms with Gasteiger partial charge in [0, 0.05) is 23.0 Å². The van der Waals surface area contributed by atoms with Gasteiger partial charge in [-0.15, -0.1) is 0 Å². The Morgan fingerprint density at radius 1 is 1.19 bits per heavy atom. The predicted octanol–water partition coefficient (Wildman–Crippen LogP) is 3.07. The minimum Gasteiger partial charge on any atom is -0.495 e. The molecule has 0 unspecified atom stereocenters. The van der Waals surface area contributed by atoms with E-state index in [0.717, 1.165) is 22.2 Å². The number of methoxy groups -OCH3 is 1. The highest BCUT2D eigenvalue weighted by Gasteiger charge is 2.34. The fraction of sp³-hybridized carbons (Fsp3) is 0.400. The standard InChI is InChI=1S/C20H23N3O2S/c1-25-16-4-7-19(21-12-16)26-17-5-2-15(3-6-17)20(24)22-18-13-23-10-8-14(18)9-11-23/h2-7,12,14,18H,8-11,13H2,1H3,(H,22,24)/t18-/m0/s1. The maximum Gasteiger partial charge on any atom is 0.251 e. The minimum atomic E-state index is 0.0304. The Hall–Kier alpha value is -2.05. The molecule has 0 saturated carbocycles. The van der Waals surface area contributed by atoms with Crippen molar-refractivity contribution in [1.29, 1.82) is 0 Å². The molecule has 6 heteroatoms. The summed E-state index contributed by atoms with van der Waals surface area (Å²) in [7, 11) is 1.63. The van der Waals surface area contributed by atoms with Crippen LogP contribution in [0.3, 0.4) is 0 Å². The molecule has 0 spiro atoms. The van der Waals surface area contributed by atoms with E-state index in [2.05, 4.69) is 15.2 Å². The third kappa shape index (κ3) is 3.86. The number of hydrogen-bond acceptors (Lipinski definition) is 5. The molecule has 1 aromatic carbocycles. The van der Waals surface area contributed by atoms with E-state index in [0.29, 0.717) is 17.5 Å². The van der Waals surface area contributed by atoms with Gasteiger partial charge < -0.3 is 15.0 Å². The second-order valence-corrected chi connectivity index (χ2v) is 7.97. The van der Waals surface area contributed by atoms with Gasteiger partial charge in [-0.1, -0.05) is 11.8 Å². The molecule has 3 fully saturated rings. The van der Waals surface area contributed by atoms with Gasteiger partial charge in [-0.25, -0.2) is 4.98 Å². The Labute approximate surface area is 158 Å². The molecular formula is C20H23N3O2S. The van der Waals surface area contributed by atoms with Crippen LogP contribution in [0.15, 0.2) is 52.5 Å². The number of nitrogens with one attached hydrogen (secondary N) is 1. The third-order valence-electron chi connectivity index (χ3n) is 5.26. The summed E-state index contributed by atoms with van der Waals surface area (Å²) in [5, 5.41) is 4.13. The number of pyridine rings is 1. The van der Waals surface area contributed by atoms with Crippen LogP contribution in [-0.2, 0) is 0 Å². The summed E-state index contributed by atoms with van der Waals surface area (Å²) in [6.07, 6.45) is 4.11. The lowest BCUT2D eigenvalue weighted by atomic mass is 9.84. The quantitative estimate of drug-likeness (QED) is 0.878. The Balaban J connectivity index is 1.36. The lowest BCUT2D eigenvalue weighted by Gasteiger charge is -2.44. The zero-order valence-corrected chi connectivity index (χ0v) is 15.7. The first-order chi connectivity index (χ1) is 12.7. The van der Waals surface area contributed by atoms with Crippen LogP contribution >= 0.6 is 11.8 Å². The molecule has 26 heavy (non-hydrogen) atoms. The van der Waals surface area contributed by atoms with Crippen LogP contribution in [0.1, 0.15) is 23.2 Å². The first-order valence-electron chi connectivity index (χ1n) is 9.02. The zero-order valence-electron chi connectivity index (χ0n) is 14.9. The number of hydrogen-bond donors (Lipinski definition) is 1. The van der Waals surface area contributed by atoms with Gasteiger partial charge in [0.15, 0.2) is 0 Å². The summed E-state index contributed by atoms with van der Waals surface area (Å²) in [6, 6.07) is 11.8. The molecule has 1 atom stereocenters. The number of carbonyl (C=O) groups is 1. The Morgan fingerprint density at radius 2 is 1.96 bits per heavy atom. The van der Waals surface area contributed by atoms with Crippen molar-refractivity contribution >= 4 is 17.7 Å². The van der Waals surface area contributed by atoms with Crippen LogP contribution in [-0.4, -0.2) is 48.6 Å². The molecular weight excluding hydrogens is 346 g/mol. The van der Waals surface area contributed by atoms with E-state index in [1.54, 1.807) is 25.1 Å². The van der Waals surface area contributed by atoms with Crippen LogP contribution in [0.4, 0.5) is 0 Å². The first-order valence-corrected chi connectivity index (χ1v) is 9.84. The van der Waals surface area contributed by atoms with Gasteiger partial charge in [0.05, 0.1) is 13.3 Å². The van der Waals surface area contributed by atoms with Gasteiger partial charge in [-0.2, -0.15) is 0 Å². The molecule has 4 heterocycles. The average Bonchev–Trinajstić information content (AvgIpc) is 2.70. The van der Waals surface area contributed by atoms with E-state index in [1.165, 1.54) is 25.9 Å². The summed E-state index contributed by atoms with van der Waals surface area (Å²) in [6.45, 7) is 3.36.